The number of aromatic nitrogens is 1. The normalized spacial score (nSPS) is 10.2. The topological polar surface area (TPSA) is 140 Å². The number of halogens is 2. The Bertz CT molecular complexity index is 808. The van der Waals surface area contributed by atoms with E-state index in [9.17, 15) is 14.4 Å². The van der Waals surface area contributed by atoms with Crippen molar-refractivity contribution in [1.82, 2.24) is 4.98 Å². The molecule has 0 aliphatic heterocycles. The lowest BCUT2D eigenvalue weighted by Gasteiger charge is -2.04. The molecule has 0 aliphatic rings. The Labute approximate surface area is 143 Å². The summed E-state index contributed by atoms with van der Waals surface area (Å²) >= 11 is 12.5. The van der Waals surface area contributed by atoms with E-state index >= 15 is 0 Å². The van der Waals surface area contributed by atoms with E-state index in [0.29, 0.717) is 0 Å². The molecule has 0 saturated carbocycles. The third kappa shape index (κ3) is 4.09. The number of rotatable bonds is 4. The molecule has 0 atom stereocenters. The summed E-state index contributed by atoms with van der Waals surface area (Å²) in [4.78, 5) is 38.2. The Morgan fingerprint density at radius 1 is 1.13 bits per heavy atom. The van der Waals surface area contributed by atoms with Crippen molar-refractivity contribution >= 4 is 62.4 Å². The minimum Gasteiger partial charge on any atom is -0.366 e. The smallest absolute Gasteiger partial charge is 0.317 e. The number of nitrogens with two attached hydrogens (primary N) is 2. The van der Waals surface area contributed by atoms with E-state index in [-0.39, 0.29) is 31.4 Å². The van der Waals surface area contributed by atoms with Gasteiger partial charge in [-0.1, -0.05) is 34.5 Å². The summed E-state index contributed by atoms with van der Waals surface area (Å²) < 4.78 is 0. The number of amides is 4. The maximum Gasteiger partial charge on any atom is 0.317 e. The Balaban J connectivity index is 2.29. The average molecular weight is 374 g/mol. The lowest BCUT2D eigenvalue weighted by Crippen LogP contribution is -2.21. The first-order valence-corrected chi connectivity index (χ1v) is 7.48. The van der Waals surface area contributed by atoms with Crippen molar-refractivity contribution in [1.29, 1.82) is 0 Å². The lowest BCUT2D eigenvalue weighted by molar-refractivity contribution is 0.0997. The van der Waals surface area contributed by atoms with E-state index in [1.165, 1.54) is 18.2 Å². The summed E-state index contributed by atoms with van der Waals surface area (Å²) in [6, 6.07) is 3.29. The summed E-state index contributed by atoms with van der Waals surface area (Å²) in [5.41, 5.74) is 10.1. The SMILES string of the molecule is NC(=O)Nc1sc(NC(=O)c2nc(Cl)ccc2Cl)cc1C(N)=O. The maximum atomic E-state index is 12.2. The fourth-order valence-electron chi connectivity index (χ4n) is 1.59. The Hall–Kier alpha value is -2.36. The monoisotopic (exact) mass is 373 g/mol. The molecule has 2 rings (SSSR count). The van der Waals surface area contributed by atoms with Gasteiger partial charge < -0.3 is 16.8 Å². The van der Waals surface area contributed by atoms with Gasteiger partial charge in [-0.05, 0) is 18.2 Å². The van der Waals surface area contributed by atoms with Gasteiger partial charge in [0.2, 0.25) is 0 Å². The van der Waals surface area contributed by atoms with Crippen molar-refractivity contribution in [2.45, 2.75) is 0 Å². The highest BCUT2D eigenvalue weighted by Crippen LogP contribution is 2.32. The van der Waals surface area contributed by atoms with Crippen LogP contribution in [0.2, 0.25) is 10.2 Å². The van der Waals surface area contributed by atoms with Crippen molar-refractivity contribution in [3.63, 3.8) is 0 Å². The van der Waals surface area contributed by atoms with Gasteiger partial charge in [0.15, 0.2) is 0 Å². The van der Waals surface area contributed by atoms with Gasteiger partial charge in [-0.3, -0.25) is 14.9 Å². The molecule has 2 heterocycles. The molecule has 0 fully saturated rings. The molecule has 0 radical (unpaired) electrons. The molecule has 120 valence electrons. The molecule has 4 amide bonds. The number of nitrogens with one attached hydrogen (secondary N) is 2. The molecule has 0 saturated heterocycles. The van der Waals surface area contributed by atoms with Crippen LogP contribution >= 0.6 is 34.5 Å². The van der Waals surface area contributed by atoms with Gasteiger partial charge in [0.05, 0.1) is 15.6 Å². The molecule has 6 N–H and O–H groups in total. The first-order chi connectivity index (χ1) is 10.8. The molecule has 0 unspecified atom stereocenters. The summed E-state index contributed by atoms with van der Waals surface area (Å²) in [6.45, 7) is 0. The van der Waals surface area contributed by atoms with Crippen molar-refractivity contribution in [2.75, 3.05) is 10.6 Å². The van der Waals surface area contributed by atoms with Crippen LogP contribution in [0.25, 0.3) is 0 Å². The van der Waals surface area contributed by atoms with Crippen LogP contribution < -0.4 is 22.1 Å². The first kappa shape index (κ1) is 17.0. The number of nitrogens with zero attached hydrogens (tertiary/aromatic N) is 1. The van der Waals surface area contributed by atoms with Gasteiger partial charge in [-0.2, -0.15) is 0 Å². The predicted molar refractivity (Wildman–Crippen MR) is 88.3 cm³/mol. The van der Waals surface area contributed by atoms with Gasteiger partial charge in [0, 0.05) is 0 Å². The zero-order valence-corrected chi connectivity index (χ0v) is 13.6. The largest absolute Gasteiger partial charge is 0.366 e. The molecular formula is C12H9Cl2N5O3S. The molecule has 2 aromatic rings. The number of urea groups is 1. The molecule has 0 aliphatic carbocycles. The number of hydrogen-bond acceptors (Lipinski definition) is 5. The van der Waals surface area contributed by atoms with Crippen LogP contribution in [-0.2, 0) is 0 Å². The molecule has 2 aromatic heterocycles. The van der Waals surface area contributed by atoms with Gasteiger partial charge in [-0.25, -0.2) is 9.78 Å². The number of anilines is 2. The second-order valence-corrected chi connectivity index (χ2v) is 5.97. The van der Waals surface area contributed by atoms with Crippen LogP contribution in [0, 0.1) is 0 Å². The quantitative estimate of drug-likeness (QED) is 0.610. The summed E-state index contributed by atoms with van der Waals surface area (Å²) in [7, 11) is 0. The van der Waals surface area contributed by atoms with Crippen LogP contribution in [0.4, 0.5) is 14.8 Å². The number of hydrogen-bond donors (Lipinski definition) is 4. The standard InChI is InChI=1S/C12H9Cl2N5O3S/c13-5-1-2-6(14)17-8(5)10(21)18-7-3-4(9(15)20)11(23-7)19-12(16)22/h1-3H,(H2,15,20)(H,18,21)(H3,16,19,22). The second kappa shape index (κ2) is 6.82. The third-order valence-corrected chi connectivity index (χ3v) is 3.98. The zero-order chi connectivity index (χ0) is 17.1. The van der Waals surface area contributed by atoms with E-state index in [1.807, 2.05) is 0 Å². The highest BCUT2D eigenvalue weighted by atomic mass is 35.5. The van der Waals surface area contributed by atoms with E-state index in [4.69, 9.17) is 34.7 Å². The molecule has 0 bridgehead atoms. The van der Waals surface area contributed by atoms with Gasteiger partial charge in [0.1, 0.15) is 15.8 Å². The minimum atomic E-state index is -0.869. The van der Waals surface area contributed by atoms with E-state index < -0.39 is 17.8 Å². The minimum absolute atomic E-state index is 0.00857. The fourth-order valence-corrected chi connectivity index (χ4v) is 2.89. The summed E-state index contributed by atoms with van der Waals surface area (Å²) in [5, 5.41) is 5.30. The van der Waals surface area contributed by atoms with Crippen LogP contribution in [0.5, 0.6) is 0 Å². The lowest BCUT2D eigenvalue weighted by atomic mass is 10.3. The Kier molecular flexibility index (Phi) is 5.04. The van der Waals surface area contributed by atoms with Crippen LogP contribution in [-0.4, -0.2) is 22.8 Å². The number of carbonyl (C=O) groups excluding carboxylic acids is 3. The highest BCUT2D eigenvalue weighted by molar-refractivity contribution is 7.20. The molecule has 0 aromatic carbocycles. The summed E-state index contributed by atoms with van der Waals surface area (Å²) in [5.74, 6) is -1.43. The molecule has 11 heteroatoms. The predicted octanol–water partition coefficient (Wildman–Crippen LogP) is 2.29. The molecule has 23 heavy (non-hydrogen) atoms. The second-order valence-electron chi connectivity index (χ2n) is 4.13. The van der Waals surface area contributed by atoms with Crippen molar-refractivity contribution in [3.8, 4) is 0 Å². The molecular weight excluding hydrogens is 365 g/mol. The third-order valence-electron chi connectivity index (χ3n) is 2.50. The Morgan fingerprint density at radius 2 is 1.83 bits per heavy atom. The zero-order valence-electron chi connectivity index (χ0n) is 11.2. The number of carbonyl (C=O) groups is 3. The maximum absolute atomic E-state index is 12.2. The molecule has 0 spiro atoms. The van der Waals surface area contributed by atoms with E-state index in [1.54, 1.807) is 0 Å². The van der Waals surface area contributed by atoms with Gasteiger partial charge in [0.25, 0.3) is 11.8 Å². The summed E-state index contributed by atoms with van der Waals surface area (Å²) in [6.07, 6.45) is 0. The average Bonchev–Trinajstić information content (AvgIpc) is 2.83. The van der Waals surface area contributed by atoms with E-state index in [0.717, 1.165) is 11.3 Å². The fraction of sp³-hybridized carbons (Fsp3) is 0. The molecule has 8 nitrogen and oxygen atoms in total. The van der Waals surface area contributed by atoms with Gasteiger partial charge in [-0.15, -0.1) is 0 Å². The Morgan fingerprint density at radius 3 is 2.43 bits per heavy atom. The van der Waals surface area contributed by atoms with Crippen LogP contribution in [0.3, 0.4) is 0 Å². The van der Waals surface area contributed by atoms with Crippen LogP contribution in [0.15, 0.2) is 18.2 Å². The van der Waals surface area contributed by atoms with Crippen molar-refractivity contribution in [3.05, 3.63) is 39.6 Å². The van der Waals surface area contributed by atoms with Crippen molar-refractivity contribution in [2.24, 2.45) is 11.5 Å². The first-order valence-electron chi connectivity index (χ1n) is 5.91. The number of primary amides is 2. The number of thiophene rings is 1. The highest BCUT2D eigenvalue weighted by Gasteiger charge is 2.19. The van der Waals surface area contributed by atoms with E-state index in [2.05, 4.69) is 15.6 Å². The van der Waals surface area contributed by atoms with Crippen molar-refractivity contribution < 1.29 is 14.4 Å². The van der Waals surface area contributed by atoms with Crippen LogP contribution in [0.1, 0.15) is 20.8 Å². The van der Waals surface area contributed by atoms with Gasteiger partial charge >= 0.3 is 6.03 Å². The number of pyridine rings is 1.